The van der Waals surface area contributed by atoms with Crippen molar-refractivity contribution >= 4 is 17.1 Å². The summed E-state index contributed by atoms with van der Waals surface area (Å²) in [5.41, 5.74) is 18.3. The van der Waals surface area contributed by atoms with E-state index >= 15 is 0 Å². The van der Waals surface area contributed by atoms with Gasteiger partial charge in [-0.3, -0.25) is 0 Å². The van der Waals surface area contributed by atoms with Crippen LogP contribution in [0.25, 0.3) is 22.3 Å². The van der Waals surface area contributed by atoms with Crippen LogP contribution in [-0.2, 0) is 21.7 Å². The molecular formula is C58H57NO. The van der Waals surface area contributed by atoms with Crippen molar-refractivity contribution in [3.05, 3.63) is 161 Å². The summed E-state index contributed by atoms with van der Waals surface area (Å²) in [7, 11) is 0. The van der Waals surface area contributed by atoms with Crippen molar-refractivity contribution in [1.82, 2.24) is 0 Å². The second kappa shape index (κ2) is 11.6. The first-order valence-electron chi connectivity index (χ1n) is 23.1. The van der Waals surface area contributed by atoms with Gasteiger partial charge in [0, 0.05) is 38.9 Å². The molecule has 2 heteroatoms. The van der Waals surface area contributed by atoms with E-state index in [2.05, 4.69) is 174 Å². The van der Waals surface area contributed by atoms with Crippen LogP contribution >= 0.6 is 0 Å². The number of para-hydroxylation sites is 2. The van der Waals surface area contributed by atoms with Gasteiger partial charge in [-0.15, -0.1) is 0 Å². The summed E-state index contributed by atoms with van der Waals surface area (Å²) in [5.74, 6) is 5.27. The predicted molar refractivity (Wildman–Crippen MR) is 246 cm³/mol. The Morgan fingerprint density at radius 1 is 0.483 bits per heavy atom. The minimum Gasteiger partial charge on any atom is -0.457 e. The summed E-state index contributed by atoms with van der Waals surface area (Å²) < 4.78 is 6.97. The van der Waals surface area contributed by atoms with Gasteiger partial charge in [0.05, 0.1) is 5.69 Å². The van der Waals surface area contributed by atoms with Crippen molar-refractivity contribution in [2.24, 2.45) is 29.1 Å². The van der Waals surface area contributed by atoms with Gasteiger partial charge in [0.2, 0.25) is 0 Å². The summed E-state index contributed by atoms with van der Waals surface area (Å²) in [6.07, 6.45) is 9.49. The molecule has 4 fully saturated rings. The number of anilines is 3. The molecule has 2 spiro atoms. The molecule has 6 aromatic rings. The lowest BCUT2D eigenvalue weighted by Crippen LogP contribution is -2.64. The summed E-state index contributed by atoms with van der Waals surface area (Å²) >= 11 is 0. The van der Waals surface area contributed by atoms with Crippen molar-refractivity contribution in [2.75, 3.05) is 4.90 Å². The largest absolute Gasteiger partial charge is 0.457 e. The van der Waals surface area contributed by atoms with Gasteiger partial charge in [0.1, 0.15) is 11.5 Å². The first kappa shape index (κ1) is 35.7. The molecule has 4 unspecified atom stereocenters. The molecule has 6 aromatic carbocycles. The van der Waals surface area contributed by atoms with Crippen molar-refractivity contribution < 1.29 is 4.74 Å². The van der Waals surface area contributed by atoms with Crippen LogP contribution in [0.1, 0.15) is 120 Å². The standard InChI is InChI=1S/C58H57NO/c1-54(2)25-26-55(3,4)47-30-37(19-23-44(47)54)40-13-8-11-17-49(40)59(38-20-22-42-41-14-7-9-15-43(41)56(5,6)46(42)31-38)39-21-24-51-48(32-39)58(45-16-10-12-18-50(45)60-51)52-28-35-27-36-29-53(58)57(52,33-35)34-36/h7-24,30-32,35-36,52-53H,25-29,33-34H2,1-6H3. The molecule has 6 aliphatic carbocycles. The highest BCUT2D eigenvalue weighted by Crippen LogP contribution is 2.85. The lowest BCUT2D eigenvalue weighted by Gasteiger charge is -2.66. The second-order valence-corrected chi connectivity index (χ2v) is 22.1. The van der Waals surface area contributed by atoms with E-state index in [1.165, 1.54) is 118 Å². The van der Waals surface area contributed by atoms with Crippen LogP contribution in [0, 0.1) is 29.1 Å². The third-order valence-corrected chi connectivity index (χ3v) is 18.0. The SMILES string of the molecule is CC1(C)CCC(C)(C)c2cc(-c3ccccc3N(c3ccc4c(c3)C(C)(C)c3ccccc3-4)c3ccc4c(c3)C3(c5ccccc5O4)C4CC5CC6CC3C4(C5)C6)ccc21. The monoisotopic (exact) mass is 783 g/mol. The summed E-state index contributed by atoms with van der Waals surface area (Å²) in [4.78, 5) is 2.60. The molecule has 2 nitrogen and oxygen atoms in total. The first-order valence-corrected chi connectivity index (χ1v) is 23.1. The molecule has 1 aliphatic heterocycles. The Morgan fingerprint density at radius 2 is 1.08 bits per heavy atom. The van der Waals surface area contributed by atoms with Gasteiger partial charge in [-0.1, -0.05) is 126 Å². The maximum Gasteiger partial charge on any atom is 0.131 e. The van der Waals surface area contributed by atoms with E-state index in [4.69, 9.17) is 4.74 Å². The molecule has 3 bridgehead atoms. The van der Waals surface area contributed by atoms with E-state index in [1.807, 2.05) is 0 Å². The first-order chi connectivity index (χ1) is 28.9. The van der Waals surface area contributed by atoms with Crippen molar-refractivity contribution in [3.8, 4) is 33.8 Å². The van der Waals surface area contributed by atoms with E-state index in [0.29, 0.717) is 17.3 Å². The number of nitrogens with zero attached hydrogens (tertiary/aromatic N) is 1. The minimum atomic E-state index is -0.109. The Kier molecular flexibility index (Phi) is 6.91. The summed E-state index contributed by atoms with van der Waals surface area (Å²) in [6.45, 7) is 14.6. The normalized spacial score (nSPS) is 29.4. The molecule has 13 rings (SSSR count). The molecule has 4 atom stereocenters. The molecule has 7 aliphatic rings. The van der Waals surface area contributed by atoms with Crippen LogP contribution in [0.4, 0.5) is 17.1 Å². The fourth-order valence-corrected chi connectivity index (χ4v) is 15.4. The zero-order chi connectivity index (χ0) is 40.6. The highest BCUT2D eigenvalue weighted by atomic mass is 16.5. The van der Waals surface area contributed by atoms with Gasteiger partial charge in [-0.2, -0.15) is 0 Å². The summed E-state index contributed by atoms with van der Waals surface area (Å²) in [6, 6.07) is 49.4. The Labute approximate surface area is 357 Å². The van der Waals surface area contributed by atoms with Crippen LogP contribution in [0.5, 0.6) is 11.5 Å². The molecule has 4 saturated carbocycles. The molecule has 0 N–H and O–H groups in total. The Morgan fingerprint density at radius 3 is 1.85 bits per heavy atom. The van der Waals surface area contributed by atoms with Crippen LogP contribution in [0.3, 0.4) is 0 Å². The van der Waals surface area contributed by atoms with Gasteiger partial charge < -0.3 is 9.64 Å². The highest BCUT2D eigenvalue weighted by Gasteiger charge is 2.79. The Balaban J connectivity index is 1.04. The third kappa shape index (κ3) is 4.41. The average molecular weight is 784 g/mol. The lowest BCUT2D eigenvalue weighted by molar-refractivity contribution is -0.0882. The highest BCUT2D eigenvalue weighted by molar-refractivity contribution is 5.91. The zero-order valence-corrected chi connectivity index (χ0v) is 36.2. The zero-order valence-electron chi connectivity index (χ0n) is 36.2. The molecule has 0 radical (unpaired) electrons. The van der Waals surface area contributed by atoms with Gasteiger partial charge in [-0.05, 0) is 166 Å². The summed E-state index contributed by atoms with van der Waals surface area (Å²) in [5, 5.41) is 0. The molecule has 0 aromatic heterocycles. The van der Waals surface area contributed by atoms with Crippen molar-refractivity contribution in [3.63, 3.8) is 0 Å². The van der Waals surface area contributed by atoms with Gasteiger partial charge >= 0.3 is 0 Å². The molecule has 0 saturated heterocycles. The van der Waals surface area contributed by atoms with Crippen molar-refractivity contribution in [1.29, 1.82) is 0 Å². The van der Waals surface area contributed by atoms with E-state index in [0.717, 1.165) is 23.3 Å². The minimum absolute atomic E-state index is 0.00621. The Bertz CT molecular complexity index is 2790. The lowest BCUT2D eigenvalue weighted by atomic mass is 9.37. The van der Waals surface area contributed by atoms with Crippen LogP contribution in [0.15, 0.2) is 127 Å². The van der Waals surface area contributed by atoms with E-state index in [-0.39, 0.29) is 21.7 Å². The van der Waals surface area contributed by atoms with E-state index in [1.54, 1.807) is 0 Å². The number of rotatable bonds is 4. The number of ether oxygens (including phenoxy) is 1. The predicted octanol–water partition coefficient (Wildman–Crippen LogP) is 15.3. The van der Waals surface area contributed by atoms with E-state index in [9.17, 15) is 0 Å². The molecular weight excluding hydrogens is 727 g/mol. The van der Waals surface area contributed by atoms with Crippen LogP contribution < -0.4 is 9.64 Å². The maximum absolute atomic E-state index is 6.97. The van der Waals surface area contributed by atoms with Gasteiger partial charge in [0.15, 0.2) is 0 Å². The third-order valence-electron chi connectivity index (χ3n) is 18.0. The smallest absolute Gasteiger partial charge is 0.131 e. The van der Waals surface area contributed by atoms with Gasteiger partial charge in [-0.25, -0.2) is 0 Å². The van der Waals surface area contributed by atoms with Gasteiger partial charge in [0.25, 0.3) is 0 Å². The topological polar surface area (TPSA) is 12.5 Å². The second-order valence-electron chi connectivity index (χ2n) is 22.1. The van der Waals surface area contributed by atoms with Crippen LogP contribution in [0.2, 0.25) is 0 Å². The number of fused-ring (bicyclic) bond motifs is 12. The number of hydrogen-bond acceptors (Lipinski definition) is 2. The molecule has 300 valence electrons. The molecule has 0 amide bonds. The van der Waals surface area contributed by atoms with Crippen molar-refractivity contribution in [2.45, 2.75) is 108 Å². The molecule has 1 heterocycles. The average Bonchev–Trinajstić information content (AvgIpc) is 3.75. The molecule has 60 heavy (non-hydrogen) atoms. The fraction of sp³-hybridized carbons (Fsp3) is 0.379. The fourth-order valence-electron chi connectivity index (χ4n) is 15.4. The Hall–Kier alpha value is -5.08. The van der Waals surface area contributed by atoms with E-state index < -0.39 is 0 Å². The maximum atomic E-state index is 6.97. The van der Waals surface area contributed by atoms with Crippen LogP contribution in [-0.4, -0.2) is 0 Å². The quantitative estimate of drug-likeness (QED) is 0.177. The number of hydrogen-bond donors (Lipinski definition) is 0. The number of benzene rings is 6.